The highest BCUT2D eigenvalue weighted by Gasteiger charge is 2.24. The van der Waals surface area contributed by atoms with Gasteiger partial charge in [-0.25, -0.2) is 0 Å². The van der Waals surface area contributed by atoms with Crippen molar-refractivity contribution in [2.75, 3.05) is 5.43 Å². The molecule has 1 heterocycles. The lowest BCUT2D eigenvalue weighted by Gasteiger charge is -2.09. The van der Waals surface area contributed by atoms with Crippen molar-refractivity contribution in [1.29, 1.82) is 0 Å². The van der Waals surface area contributed by atoms with Gasteiger partial charge >= 0.3 is 0 Å². The molecule has 1 amide bonds. The Labute approximate surface area is 110 Å². The summed E-state index contributed by atoms with van der Waals surface area (Å²) >= 11 is 1.58. The minimum atomic E-state index is -0.198. The van der Waals surface area contributed by atoms with Gasteiger partial charge in [0.25, 0.3) is 5.91 Å². The molecule has 0 bridgehead atoms. The van der Waals surface area contributed by atoms with Crippen LogP contribution in [0.5, 0.6) is 0 Å². The maximum atomic E-state index is 12.1. The first-order valence-electron chi connectivity index (χ1n) is 5.73. The monoisotopic (exact) mass is 264 g/mol. The number of nitrogens with two attached hydrogens (primary N) is 1. The lowest BCUT2D eigenvalue weighted by molar-refractivity contribution is 0.0978. The number of carbonyl (C=O) groups is 1. The number of anilines is 1. The highest BCUT2D eigenvalue weighted by Crippen LogP contribution is 2.25. The standard InChI is InChI=1S/C12H16N4OS/c1-7-8(2)18-12(14-7)15-11(17)9-5-3-4-6-10(9)16-13/h3-8,16H,13H2,1-2H3,(H,14,15,17). The predicted octanol–water partition coefficient (Wildman–Crippen LogP) is 1.58. The summed E-state index contributed by atoms with van der Waals surface area (Å²) in [6.45, 7) is 4.12. The Balaban J connectivity index is 2.11. The fraction of sp³-hybridized carbons (Fsp3) is 0.333. The number of benzene rings is 1. The third-order valence-electron chi connectivity index (χ3n) is 2.85. The second kappa shape index (κ2) is 5.41. The van der Waals surface area contributed by atoms with E-state index in [1.165, 1.54) is 0 Å². The summed E-state index contributed by atoms with van der Waals surface area (Å²) in [7, 11) is 0. The van der Waals surface area contributed by atoms with Crippen molar-refractivity contribution < 1.29 is 4.79 Å². The second-order valence-electron chi connectivity index (χ2n) is 4.14. The summed E-state index contributed by atoms with van der Waals surface area (Å²) in [6.07, 6.45) is 0. The molecule has 0 fully saturated rings. The number of hydrogen-bond donors (Lipinski definition) is 3. The van der Waals surface area contributed by atoms with Crippen molar-refractivity contribution in [2.45, 2.75) is 25.1 Å². The van der Waals surface area contributed by atoms with E-state index in [4.69, 9.17) is 5.84 Å². The number of hydrazine groups is 1. The van der Waals surface area contributed by atoms with Crippen molar-refractivity contribution in [3.05, 3.63) is 29.8 Å². The first kappa shape index (κ1) is 12.9. The van der Waals surface area contributed by atoms with Crippen molar-refractivity contribution >= 4 is 28.5 Å². The quantitative estimate of drug-likeness (QED) is 0.560. The van der Waals surface area contributed by atoms with Gasteiger partial charge < -0.3 is 10.7 Å². The molecule has 4 N–H and O–H groups in total. The van der Waals surface area contributed by atoms with Crippen LogP contribution in [-0.2, 0) is 0 Å². The largest absolute Gasteiger partial charge is 0.323 e. The van der Waals surface area contributed by atoms with E-state index in [2.05, 4.69) is 22.7 Å². The van der Waals surface area contributed by atoms with Gasteiger partial charge in [-0.05, 0) is 19.1 Å². The number of amidine groups is 1. The van der Waals surface area contributed by atoms with Crippen LogP contribution in [0, 0.1) is 0 Å². The molecule has 5 nitrogen and oxygen atoms in total. The zero-order valence-electron chi connectivity index (χ0n) is 10.3. The van der Waals surface area contributed by atoms with E-state index in [-0.39, 0.29) is 11.9 Å². The topological polar surface area (TPSA) is 79.5 Å². The van der Waals surface area contributed by atoms with Gasteiger partial charge in [0.1, 0.15) is 0 Å². The zero-order chi connectivity index (χ0) is 13.1. The number of aliphatic imine (C=N–C) groups is 1. The number of thioether (sulfide) groups is 1. The molecular weight excluding hydrogens is 248 g/mol. The molecule has 0 saturated heterocycles. The highest BCUT2D eigenvalue weighted by atomic mass is 32.2. The summed E-state index contributed by atoms with van der Waals surface area (Å²) in [5.74, 6) is 5.18. The fourth-order valence-corrected chi connectivity index (χ4v) is 2.62. The van der Waals surface area contributed by atoms with Gasteiger partial charge in [-0.2, -0.15) is 0 Å². The molecule has 1 aromatic carbocycles. The summed E-state index contributed by atoms with van der Waals surface area (Å²) < 4.78 is 0. The Morgan fingerprint density at radius 3 is 2.72 bits per heavy atom. The number of rotatable bonds is 2. The lowest BCUT2D eigenvalue weighted by Crippen LogP contribution is -2.28. The molecule has 2 unspecified atom stereocenters. The summed E-state index contributed by atoms with van der Waals surface area (Å²) in [6, 6.07) is 7.32. The van der Waals surface area contributed by atoms with Crippen molar-refractivity contribution in [3.63, 3.8) is 0 Å². The van der Waals surface area contributed by atoms with Crippen LogP contribution in [0.4, 0.5) is 5.69 Å². The van der Waals surface area contributed by atoms with Crippen LogP contribution in [0.2, 0.25) is 0 Å². The van der Waals surface area contributed by atoms with E-state index in [0.29, 0.717) is 21.7 Å². The minimum absolute atomic E-state index is 0.198. The van der Waals surface area contributed by atoms with E-state index >= 15 is 0 Å². The van der Waals surface area contributed by atoms with Gasteiger partial charge in [0.2, 0.25) is 0 Å². The number of nitrogen functional groups attached to an aromatic ring is 1. The van der Waals surface area contributed by atoms with Crippen LogP contribution in [-0.4, -0.2) is 22.4 Å². The van der Waals surface area contributed by atoms with E-state index in [9.17, 15) is 4.79 Å². The smallest absolute Gasteiger partial charge is 0.259 e. The normalized spacial score (nSPS) is 22.5. The number of amides is 1. The highest BCUT2D eigenvalue weighted by molar-refractivity contribution is 8.14. The minimum Gasteiger partial charge on any atom is -0.323 e. The Bertz CT molecular complexity index is 489. The molecule has 18 heavy (non-hydrogen) atoms. The van der Waals surface area contributed by atoms with Gasteiger partial charge in [0, 0.05) is 5.25 Å². The average Bonchev–Trinajstić information content (AvgIpc) is 2.68. The van der Waals surface area contributed by atoms with E-state index < -0.39 is 0 Å². The summed E-state index contributed by atoms with van der Waals surface area (Å²) in [4.78, 5) is 16.5. The average molecular weight is 264 g/mol. The number of hydrogen-bond acceptors (Lipinski definition) is 5. The molecule has 1 aliphatic heterocycles. The van der Waals surface area contributed by atoms with Gasteiger partial charge in [-0.15, -0.1) is 0 Å². The van der Waals surface area contributed by atoms with Crippen LogP contribution >= 0.6 is 11.8 Å². The van der Waals surface area contributed by atoms with Crippen LogP contribution in [0.25, 0.3) is 0 Å². The lowest BCUT2D eigenvalue weighted by atomic mass is 10.1. The van der Waals surface area contributed by atoms with Crippen molar-refractivity contribution in [3.8, 4) is 0 Å². The van der Waals surface area contributed by atoms with Gasteiger partial charge in [-0.1, -0.05) is 30.8 Å². The Morgan fingerprint density at radius 1 is 1.39 bits per heavy atom. The molecular formula is C12H16N4OS. The molecule has 2 rings (SSSR count). The molecule has 0 saturated carbocycles. The molecule has 2 atom stereocenters. The number of carbonyl (C=O) groups excluding carboxylic acids is 1. The number of para-hydroxylation sites is 1. The first-order valence-corrected chi connectivity index (χ1v) is 6.61. The maximum Gasteiger partial charge on any atom is 0.259 e. The van der Waals surface area contributed by atoms with E-state index in [0.717, 1.165) is 0 Å². The SMILES string of the molecule is CC1N=C(NC(=O)c2ccccc2NN)SC1C. The Morgan fingerprint density at radius 2 is 2.11 bits per heavy atom. The van der Waals surface area contributed by atoms with Crippen LogP contribution in [0.3, 0.4) is 0 Å². The van der Waals surface area contributed by atoms with Gasteiger partial charge in [0.05, 0.1) is 17.3 Å². The molecule has 0 radical (unpaired) electrons. The molecule has 0 aromatic heterocycles. The van der Waals surface area contributed by atoms with Crippen LogP contribution < -0.4 is 16.6 Å². The fourth-order valence-electron chi connectivity index (χ4n) is 1.63. The third-order valence-corrected chi connectivity index (χ3v) is 4.04. The van der Waals surface area contributed by atoms with Crippen LogP contribution in [0.15, 0.2) is 29.3 Å². The first-order chi connectivity index (χ1) is 8.61. The Kier molecular flexibility index (Phi) is 3.88. The van der Waals surface area contributed by atoms with E-state index in [1.807, 2.05) is 13.0 Å². The van der Waals surface area contributed by atoms with Gasteiger partial charge in [0.15, 0.2) is 5.17 Å². The molecule has 6 heteroatoms. The number of nitrogens with one attached hydrogen (secondary N) is 2. The molecule has 96 valence electrons. The molecule has 1 aromatic rings. The van der Waals surface area contributed by atoms with Crippen LogP contribution in [0.1, 0.15) is 24.2 Å². The maximum absolute atomic E-state index is 12.1. The summed E-state index contributed by atoms with van der Waals surface area (Å²) in [5.41, 5.74) is 3.62. The van der Waals surface area contributed by atoms with Crippen molar-refractivity contribution in [2.24, 2.45) is 10.8 Å². The van der Waals surface area contributed by atoms with E-state index in [1.54, 1.807) is 30.0 Å². The molecule has 0 aliphatic carbocycles. The number of nitrogens with zero attached hydrogens (tertiary/aromatic N) is 1. The predicted molar refractivity (Wildman–Crippen MR) is 75.7 cm³/mol. The third kappa shape index (κ3) is 2.65. The zero-order valence-corrected chi connectivity index (χ0v) is 11.1. The van der Waals surface area contributed by atoms with Crippen molar-refractivity contribution in [1.82, 2.24) is 5.32 Å². The summed E-state index contributed by atoms with van der Waals surface area (Å²) in [5, 5.41) is 3.87. The van der Waals surface area contributed by atoms with Gasteiger partial charge in [-0.3, -0.25) is 15.6 Å². The molecule has 1 aliphatic rings. The molecule has 0 spiro atoms. The Hall–Kier alpha value is -1.53. The second-order valence-corrected chi connectivity index (χ2v) is 5.51.